The largest absolute Gasteiger partial charge is 0.419 e. The van der Waals surface area contributed by atoms with E-state index in [1.807, 2.05) is 32.1 Å². The maximum Gasteiger partial charge on any atom is 0.419 e. The average Bonchev–Trinajstić information content (AvgIpc) is 3.03. The van der Waals surface area contributed by atoms with E-state index >= 15 is 0 Å². The average molecular weight is 568 g/mol. The van der Waals surface area contributed by atoms with E-state index in [-0.39, 0.29) is 12.4 Å². The number of pyridine rings is 1. The minimum atomic E-state index is -4.56. The molecule has 1 aliphatic heterocycles. The van der Waals surface area contributed by atoms with Crippen LogP contribution in [0.2, 0.25) is 10.0 Å². The third-order valence-electron chi connectivity index (χ3n) is 6.63. The van der Waals surface area contributed by atoms with Gasteiger partial charge in [-0.1, -0.05) is 29.3 Å². The number of aromatic nitrogens is 3. The Hall–Kier alpha value is -2.82. The fraction of sp³-hybridized carbons (Fsp3) is 0.423. The number of nitrogens with two attached hydrogens (primary N) is 1. The molecule has 0 aliphatic carbocycles. The molecule has 1 unspecified atom stereocenters. The van der Waals surface area contributed by atoms with E-state index in [4.69, 9.17) is 33.9 Å². The molecule has 1 atom stereocenters. The van der Waals surface area contributed by atoms with Crippen molar-refractivity contribution < 1.29 is 13.2 Å². The summed E-state index contributed by atoms with van der Waals surface area (Å²) in [7, 11) is 5.86. The molecule has 38 heavy (non-hydrogen) atoms. The zero-order valence-electron chi connectivity index (χ0n) is 21.4. The second-order valence-electron chi connectivity index (χ2n) is 9.69. The summed E-state index contributed by atoms with van der Waals surface area (Å²) in [6.07, 6.45) is -2.04. The van der Waals surface area contributed by atoms with Crippen molar-refractivity contribution >= 4 is 40.8 Å². The van der Waals surface area contributed by atoms with Crippen molar-refractivity contribution in [3.8, 4) is 0 Å². The van der Waals surface area contributed by atoms with Crippen molar-refractivity contribution in [3.05, 3.63) is 69.0 Å². The summed E-state index contributed by atoms with van der Waals surface area (Å²) >= 11 is 12.4. The molecule has 0 spiro atoms. The molecule has 3 aromatic rings. The van der Waals surface area contributed by atoms with E-state index in [0.29, 0.717) is 47.6 Å². The lowest BCUT2D eigenvalue weighted by atomic mass is 9.99. The van der Waals surface area contributed by atoms with Gasteiger partial charge in [0.25, 0.3) is 0 Å². The van der Waals surface area contributed by atoms with Gasteiger partial charge in [0.2, 0.25) is 5.95 Å². The highest BCUT2D eigenvalue weighted by atomic mass is 35.5. The second kappa shape index (κ2) is 11.5. The van der Waals surface area contributed by atoms with Gasteiger partial charge in [0, 0.05) is 50.9 Å². The molecule has 1 aliphatic rings. The molecule has 0 saturated carbocycles. The molecule has 4 rings (SSSR count). The highest BCUT2D eigenvalue weighted by Crippen LogP contribution is 2.38. The van der Waals surface area contributed by atoms with Crippen LogP contribution in [0.5, 0.6) is 0 Å². The van der Waals surface area contributed by atoms with E-state index in [2.05, 4.69) is 14.9 Å². The fourth-order valence-corrected chi connectivity index (χ4v) is 4.91. The van der Waals surface area contributed by atoms with Crippen LogP contribution in [0.15, 0.2) is 36.5 Å². The van der Waals surface area contributed by atoms with E-state index in [0.717, 1.165) is 29.4 Å². The number of rotatable bonds is 7. The fourth-order valence-electron chi connectivity index (χ4n) is 4.59. The number of hydrogen-bond donors (Lipinski definition) is 1. The first kappa shape index (κ1) is 28.2. The Labute approximate surface area is 230 Å². The number of hydrogen-bond acceptors (Lipinski definition) is 7. The quantitative estimate of drug-likeness (QED) is 0.431. The van der Waals surface area contributed by atoms with Crippen LogP contribution in [0.25, 0.3) is 0 Å². The predicted octanol–water partition coefficient (Wildman–Crippen LogP) is 4.99. The highest BCUT2D eigenvalue weighted by molar-refractivity contribution is 6.42. The van der Waals surface area contributed by atoms with Crippen LogP contribution in [0.1, 0.15) is 22.4 Å². The van der Waals surface area contributed by atoms with Gasteiger partial charge in [-0.3, -0.25) is 0 Å². The van der Waals surface area contributed by atoms with Crippen LogP contribution in [-0.2, 0) is 25.4 Å². The summed E-state index contributed by atoms with van der Waals surface area (Å²) in [6, 6.07) is 7.21. The Balaban J connectivity index is 1.76. The Bertz CT molecular complexity index is 1290. The molecule has 3 heterocycles. The van der Waals surface area contributed by atoms with Crippen LogP contribution in [0, 0.1) is 0 Å². The summed E-state index contributed by atoms with van der Waals surface area (Å²) in [4.78, 5) is 19.2. The van der Waals surface area contributed by atoms with Crippen LogP contribution < -0.4 is 15.5 Å². The Morgan fingerprint density at radius 1 is 1.08 bits per heavy atom. The molecule has 7 nitrogen and oxygen atoms in total. The normalized spacial score (nSPS) is 15.9. The SMILES string of the molecule is CN(C)CCN(C)c1nc(N)c2c(n1)CC(Cc1ccc(Cl)c(Cl)c1)N(c1ncccc1C(F)(F)F)CC2. The van der Waals surface area contributed by atoms with Crippen molar-refractivity contribution in [2.24, 2.45) is 0 Å². The highest BCUT2D eigenvalue weighted by Gasteiger charge is 2.38. The van der Waals surface area contributed by atoms with Gasteiger partial charge in [0.15, 0.2) is 0 Å². The van der Waals surface area contributed by atoms with Crippen molar-refractivity contribution in [1.82, 2.24) is 19.9 Å². The van der Waals surface area contributed by atoms with Crippen molar-refractivity contribution in [1.29, 1.82) is 0 Å². The number of anilines is 3. The lowest BCUT2D eigenvalue weighted by molar-refractivity contribution is -0.137. The molecule has 0 amide bonds. The van der Waals surface area contributed by atoms with Crippen LogP contribution in [0.3, 0.4) is 0 Å². The van der Waals surface area contributed by atoms with Crippen molar-refractivity contribution in [2.45, 2.75) is 31.5 Å². The molecule has 1 aromatic carbocycles. The number of benzene rings is 1. The van der Waals surface area contributed by atoms with E-state index in [9.17, 15) is 13.2 Å². The summed E-state index contributed by atoms with van der Waals surface area (Å²) in [5, 5.41) is 0.795. The van der Waals surface area contributed by atoms with Crippen LogP contribution in [0.4, 0.5) is 30.8 Å². The number of alkyl halides is 3. The maximum absolute atomic E-state index is 14.0. The van der Waals surface area contributed by atoms with Gasteiger partial charge in [-0.2, -0.15) is 18.2 Å². The smallest absolute Gasteiger partial charge is 0.383 e. The lowest BCUT2D eigenvalue weighted by Gasteiger charge is -2.33. The summed E-state index contributed by atoms with van der Waals surface area (Å²) < 4.78 is 42.0. The van der Waals surface area contributed by atoms with Gasteiger partial charge in [-0.15, -0.1) is 0 Å². The molecule has 2 aromatic heterocycles. The number of nitrogen functional groups attached to an aromatic ring is 1. The number of nitrogens with zero attached hydrogens (tertiary/aromatic N) is 6. The van der Waals surface area contributed by atoms with Gasteiger partial charge >= 0.3 is 6.18 Å². The Morgan fingerprint density at radius 3 is 2.53 bits per heavy atom. The molecular weight excluding hydrogens is 538 g/mol. The molecule has 0 saturated heterocycles. The summed E-state index contributed by atoms with van der Waals surface area (Å²) in [5.41, 5.74) is 7.92. The standard InChI is InChI=1S/C26H30Cl2F3N7/c1-36(2)11-12-37(3)25-34-22-15-17(13-16-6-7-20(27)21(28)14-16)38(10-8-18(22)23(32)35-25)24-19(26(29,30)31)5-4-9-33-24/h4-7,9,14,17H,8,10-13,15H2,1-3H3,(H2,32,34,35). The minimum Gasteiger partial charge on any atom is -0.383 e. The molecule has 204 valence electrons. The number of fused-ring (bicyclic) bond motifs is 1. The van der Waals surface area contributed by atoms with Gasteiger partial charge < -0.3 is 20.4 Å². The van der Waals surface area contributed by atoms with Crippen molar-refractivity contribution in [3.63, 3.8) is 0 Å². The van der Waals surface area contributed by atoms with Gasteiger partial charge in [0.05, 0.1) is 21.3 Å². The molecule has 0 radical (unpaired) electrons. The third-order valence-corrected chi connectivity index (χ3v) is 7.37. The van der Waals surface area contributed by atoms with Crippen molar-refractivity contribution in [2.75, 3.05) is 56.3 Å². The third kappa shape index (κ3) is 6.42. The molecular formula is C26H30Cl2F3N7. The zero-order valence-corrected chi connectivity index (χ0v) is 22.9. The first-order valence-corrected chi connectivity index (χ1v) is 12.9. The topological polar surface area (TPSA) is 74.4 Å². The van der Waals surface area contributed by atoms with Gasteiger partial charge in [-0.05, 0) is 56.8 Å². The molecule has 0 bridgehead atoms. The number of halogens is 5. The second-order valence-corrected chi connectivity index (χ2v) is 10.5. The monoisotopic (exact) mass is 567 g/mol. The Kier molecular flexibility index (Phi) is 8.54. The molecule has 0 fully saturated rings. The lowest BCUT2D eigenvalue weighted by Crippen LogP contribution is -2.40. The van der Waals surface area contributed by atoms with E-state index in [1.54, 1.807) is 17.0 Å². The molecule has 12 heteroatoms. The Morgan fingerprint density at radius 2 is 1.84 bits per heavy atom. The first-order chi connectivity index (χ1) is 17.9. The van der Waals surface area contributed by atoms with Gasteiger partial charge in [0.1, 0.15) is 11.6 Å². The summed E-state index contributed by atoms with van der Waals surface area (Å²) in [6.45, 7) is 1.75. The zero-order chi connectivity index (χ0) is 27.6. The molecule has 2 N–H and O–H groups in total. The van der Waals surface area contributed by atoms with Gasteiger partial charge in [-0.25, -0.2) is 9.97 Å². The maximum atomic E-state index is 14.0. The predicted molar refractivity (Wildman–Crippen MR) is 146 cm³/mol. The van der Waals surface area contributed by atoms with Crippen LogP contribution >= 0.6 is 23.2 Å². The first-order valence-electron chi connectivity index (χ1n) is 12.2. The van der Waals surface area contributed by atoms with Crippen LogP contribution in [-0.4, -0.2) is 66.7 Å². The minimum absolute atomic E-state index is 0.118. The summed E-state index contributed by atoms with van der Waals surface area (Å²) in [5.74, 6) is 0.709. The van der Waals surface area contributed by atoms with E-state index < -0.39 is 17.8 Å². The number of likely N-dealkylation sites (N-methyl/N-ethyl adjacent to an activating group) is 2. The van der Waals surface area contributed by atoms with E-state index in [1.165, 1.54) is 12.3 Å².